The second-order valence-electron chi connectivity index (χ2n) is 2.56. The molecular weight excluding hydrogens is 263 g/mol. The van der Waals surface area contributed by atoms with Gasteiger partial charge >= 0.3 is 24.1 Å². The van der Waals surface area contributed by atoms with Gasteiger partial charge in [-0.25, -0.2) is 9.59 Å². The number of urea groups is 1. The number of hydrogen-bond acceptors (Lipinski definition) is 4. The van der Waals surface area contributed by atoms with Gasteiger partial charge in [0.25, 0.3) is 0 Å². The van der Waals surface area contributed by atoms with E-state index in [4.69, 9.17) is 25.5 Å². The number of carboxylic acid groups (broad SMARTS) is 2. The SMILES string of the molecule is CCC(N)C(=O)O.NC(N)=O.O=C(O)C(F)(F)F. The molecule has 0 aliphatic heterocycles. The van der Waals surface area contributed by atoms with Gasteiger partial charge in [-0.3, -0.25) is 4.79 Å². The van der Waals surface area contributed by atoms with Crippen LogP contribution in [0, 0.1) is 0 Å². The van der Waals surface area contributed by atoms with Crippen LogP contribution in [0.25, 0.3) is 0 Å². The van der Waals surface area contributed by atoms with Gasteiger partial charge in [0.15, 0.2) is 0 Å². The van der Waals surface area contributed by atoms with Gasteiger partial charge in [0.2, 0.25) is 0 Å². The van der Waals surface area contributed by atoms with Gasteiger partial charge in [0, 0.05) is 0 Å². The summed E-state index contributed by atoms with van der Waals surface area (Å²) in [6, 6.07) is -1.51. The highest BCUT2D eigenvalue weighted by Gasteiger charge is 2.38. The van der Waals surface area contributed by atoms with Crippen molar-refractivity contribution >= 4 is 18.0 Å². The van der Waals surface area contributed by atoms with Crippen LogP contribution in [-0.2, 0) is 9.59 Å². The molecule has 0 aromatic carbocycles. The van der Waals surface area contributed by atoms with Crippen LogP contribution in [0.15, 0.2) is 0 Å². The quantitative estimate of drug-likeness (QED) is 0.454. The molecular formula is C7H14F3N3O5. The predicted octanol–water partition coefficient (Wildman–Crippen LogP) is -0.535. The molecule has 0 aliphatic rings. The first kappa shape index (κ1) is 21.3. The van der Waals surface area contributed by atoms with Crippen molar-refractivity contribution < 1.29 is 37.8 Å². The first-order valence-electron chi connectivity index (χ1n) is 4.19. The Bertz CT molecular complexity index is 278. The van der Waals surface area contributed by atoms with Gasteiger partial charge in [-0.1, -0.05) is 6.92 Å². The van der Waals surface area contributed by atoms with Crippen molar-refractivity contribution in [2.45, 2.75) is 25.6 Å². The second-order valence-corrected chi connectivity index (χ2v) is 2.56. The molecule has 0 heterocycles. The summed E-state index contributed by atoms with van der Waals surface area (Å²) < 4.78 is 31.7. The lowest BCUT2D eigenvalue weighted by Crippen LogP contribution is -2.28. The molecule has 0 saturated carbocycles. The maximum Gasteiger partial charge on any atom is 0.490 e. The number of halogens is 3. The highest BCUT2D eigenvalue weighted by Crippen LogP contribution is 2.13. The zero-order valence-electron chi connectivity index (χ0n) is 9.27. The Morgan fingerprint density at radius 1 is 1.17 bits per heavy atom. The number of primary amides is 2. The van der Waals surface area contributed by atoms with Gasteiger partial charge in [0.05, 0.1) is 0 Å². The second kappa shape index (κ2) is 10.1. The zero-order chi connectivity index (χ0) is 15.5. The normalized spacial score (nSPS) is 10.9. The van der Waals surface area contributed by atoms with E-state index in [0.717, 1.165) is 0 Å². The lowest BCUT2D eigenvalue weighted by Gasteiger charge is -1.97. The van der Waals surface area contributed by atoms with E-state index in [1.807, 2.05) is 0 Å². The van der Waals surface area contributed by atoms with Crippen molar-refractivity contribution in [3.8, 4) is 0 Å². The molecule has 8 N–H and O–H groups in total. The topological polar surface area (TPSA) is 170 Å². The lowest BCUT2D eigenvalue weighted by molar-refractivity contribution is -0.192. The molecule has 11 heteroatoms. The summed E-state index contributed by atoms with van der Waals surface area (Å²) in [6.07, 6.45) is -4.59. The summed E-state index contributed by atoms with van der Waals surface area (Å²) >= 11 is 0. The summed E-state index contributed by atoms with van der Waals surface area (Å²) in [4.78, 5) is 27.7. The standard InChI is InChI=1S/C4H9NO2.C2HF3O2.CH4N2O/c1-2-3(5)4(6)7;3-2(4,5)1(6)7;2-1(3)4/h3H,2,5H2,1H3,(H,6,7);(H,6,7);(H4,2,3,4). The number of alkyl halides is 3. The maximum atomic E-state index is 10.6. The summed E-state index contributed by atoms with van der Waals surface area (Å²) in [5.41, 5.74) is 13.5. The molecule has 18 heavy (non-hydrogen) atoms. The van der Waals surface area contributed by atoms with E-state index < -0.39 is 30.2 Å². The summed E-state index contributed by atoms with van der Waals surface area (Å²) in [5.74, 6) is -3.69. The molecule has 1 atom stereocenters. The number of nitrogens with two attached hydrogens (primary N) is 3. The minimum Gasteiger partial charge on any atom is -0.480 e. The Kier molecular flexibility index (Phi) is 12.0. The number of hydrogen-bond donors (Lipinski definition) is 5. The van der Waals surface area contributed by atoms with Crippen LogP contribution in [0.1, 0.15) is 13.3 Å². The summed E-state index contributed by atoms with van der Waals surface area (Å²) in [6.45, 7) is 1.73. The van der Waals surface area contributed by atoms with Crippen molar-refractivity contribution in [1.82, 2.24) is 0 Å². The van der Waals surface area contributed by atoms with Crippen LogP contribution < -0.4 is 17.2 Å². The largest absolute Gasteiger partial charge is 0.490 e. The van der Waals surface area contributed by atoms with Crippen LogP contribution in [-0.4, -0.2) is 40.4 Å². The molecule has 0 aromatic rings. The molecule has 0 aromatic heterocycles. The fraction of sp³-hybridized carbons (Fsp3) is 0.571. The molecule has 0 fully saturated rings. The van der Waals surface area contributed by atoms with Crippen LogP contribution in [0.3, 0.4) is 0 Å². The number of amides is 2. The Morgan fingerprint density at radius 2 is 1.39 bits per heavy atom. The molecule has 8 nitrogen and oxygen atoms in total. The van der Waals surface area contributed by atoms with Gasteiger partial charge in [-0.15, -0.1) is 0 Å². The van der Waals surface area contributed by atoms with Crippen molar-refractivity contribution in [3.05, 3.63) is 0 Å². The molecule has 0 aliphatic carbocycles. The van der Waals surface area contributed by atoms with E-state index in [0.29, 0.717) is 6.42 Å². The minimum absolute atomic E-state index is 0.495. The first-order valence-corrected chi connectivity index (χ1v) is 4.19. The Hall–Kier alpha value is -2.04. The fourth-order valence-corrected chi connectivity index (χ4v) is 0.175. The monoisotopic (exact) mass is 277 g/mol. The van der Waals surface area contributed by atoms with Gasteiger partial charge in [-0.2, -0.15) is 13.2 Å². The summed E-state index contributed by atoms with van der Waals surface area (Å²) in [7, 11) is 0. The van der Waals surface area contributed by atoms with E-state index in [1.165, 1.54) is 0 Å². The third-order valence-corrected chi connectivity index (χ3v) is 1.000. The average Bonchev–Trinajstić information content (AvgIpc) is 2.14. The third-order valence-electron chi connectivity index (χ3n) is 1.000. The molecule has 0 saturated heterocycles. The lowest BCUT2D eigenvalue weighted by atomic mass is 10.2. The number of carbonyl (C=O) groups is 3. The predicted molar refractivity (Wildman–Crippen MR) is 53.4 cm³/mol. The maximum absolute atomic E-state index is 10.6. The van der Waals surface area contributed by atoms with Crippen molar-refractivity contribution in [2.75, 3.05) is 0 Å². The van der Waals surface area contributed by atoms with Gasteiger partial charge in [-0.05, 0) is 6.42 Å². The molecule has 1 unspecified atom stereocenters. The van der Waals surface area contributed by atoms with E-state index in [-0.39, 0.29) is 0 Å². The summed E-state index contributed by atoms with van der Waals surface area (Å²) in [5, 5.41) is 15.2. The van der Waals surface area contributed by atoms with E-state index in [2.05, 4.69) is 11.5 Å². The molecule has 0 radical (unpaired) electrons. The smallest absolute Gasteiger partial charge is 0.480 e. The van der Waals surface area contributed by atoms with Gasteiger partial charge < -0.3 is 27.4 Å². The molecule has 2 amide bonds. The van der Waals surface area contributed by atoms with E-state index >= 15 is 0 Å². The highest BCUT2D eigenvalue weighted by molar-refractivity contribution is 5.73. The van der Waals surface area contributed by atoms with Crippen molar-refractivity contribution in [2.24, 2.45) is 17.2 Å². The number of aliphatic carboxylic acids is 2. The van der Waals surface area contributed by atoms with Crippen LogP contribution in [0.4, 0.5) is 18.0 Å². The van der Waals surface area contributed by atoms with Crippen LogP contribution in [0.2, 0.25) is 0 Å². The van der Waals surface area contributed by atoms with E-state index in [1.54, 1.807) is 6.92 Å². The van der Waals surface area contributed by atoms with Crippen molar-refractivity contribution in [3.63, 3.8) is 0 Å². The van der Waals surface area contributed by atoms with Crippen LogP contribution in [0.5, 0.6) is 0 Å². The molecule has 0 rings (SSSR count). The minimum atomic E-state index is -5.08. The number of carbonyl (C=O) groups excluding carboxylic acids is 1. The Morgan fingerprint density at radius 3 is 1.39 bits per heavy atom. The molecule has 0 spiro atoms. The average molecular weight is 277 g/mol. The molecule has 0 bridgehead atoms. The van der Waals surface area contributed by atoms with Crippen molar-refractivity contribution in [1.29, 1.82) is 0 Å². The third kappa shape index (κ3) is 23.6. The van der Waals surface area contributed by atoms with E-state index in [9.17, 15) is 18.0 Å². The van der Waals surface area contributed by atoms with Gasteiger partial charge in [0.1, 0.15) is 6.04 Å². The van der Waals surface area contributed by atoms with Crippen LogP contribution >= 0.6 is 0 Å². The highest BCUT2D eigenvalue weighted by atomic mass is 19.4. The molecule has 108 valence electrons. The number of carboxylic acids is 2. The Balaban J connectivity index is -0.000000196. The first-order chi connectivity index (χ1) is 7.86. The number of rotatable bonds is 2. The fourth-order valence-electron chi connectivity index (χ4n) is 0.175. The Labute approximate surface area is 99.5 Å². The zero-order valence-corrected chi connectivity index (χ0v) is 9.27.